The monoisotopic (exact) mass is 433 g/mol. The van der Waals surface area contributed by atoms with Crippen molar-refractivity contribution in [3.63, 3.8) is 0 Å². The van der Waals surface area contributed by atoms with Crippen molar-refractivity contribution in [1.82, 2.24) is 25.0 Å². The summed E-state index contributed by atoms with van der Waals surface area (Å²) in [6.07, 6.45) is -2.43. The van der Waals surface area contributed by atoms with Crippen molar-refractivity contribution in [3.05, 3.63) is 47.3 Å². The molecule has 1 fully saturated rings. The van der Waals surface area contributed by atoms with Crippen LogP contribution in [0.1, 0.15) is 42.6 Å². The van der Waals surface area contributed by atoms with Crippen molar-refractivity contribution in [2.75, 3.05) is 7.05 Å². The molecule has 0 unspecified atom stereocenters. The fraction of sp³-hybridized carbons (Fsp3) is 0.529. The van der Waals surface area contributed by atoms with Crippen LogP contribution in [-0.4, -0.2) is 36.5 Å². The molecule has 2 aromatic rings. The van der Waals surface area contributed by atoms with E-state index in [1.807, 2.05) is 6.92 Å². The van der Waals surface area contributed by atoms with Crippen molar-refractivity contribution in [3.8, 4) is 0 Å². The van der Waals surface area contributed by atoms with Gasteiger partial charge in [0.15, 0.2) is 0 Å². The Morgan fingerprint density at radius 2 is 1.93 bits per heavy atom. The number of benzene rings is 1. The second kappa shape index (κ2) is 7.67. The van der Waals surface area contributed by atoms with E-state index in [1.54, 1.807) is 13.2 Å². The van der Waals surface area contributed by atoms with Gasteiger partial charge >= 0.3 is 16.5 Å². The van der Waals surface area contributed by atoms with Gasteiger partial charge in [0.25, 0.3) is 0 Å². The highest BCUT2D eigenvalue weighted by Gasteiger charge is 2.46. The minimum Gasteiger partial charge on any atom is -0.306 e. The number of hydrogen-bond acceptors (Lipinski definition) is 6. The number of aromatic nitrogens is 3. The third kappa shape index (κ3) is 4.77. The van der Waals surface area contributed by atoms with Gasteiger partial charge in [0.05, 0.1) is 17.3 Å². The number of alkyl halides is 3. The maximum atomic E-state index is 13.0. The van der Waals surface area contributed by atoms with Crippen LogP contribution >= 0.6 is 0 Å². The van der Waals surface area contributed by atoms with E-state index >= 15 is 0 Å². The highest BCUT2D eigenvalue weighted by molar-refractivity contribution is 7.84. The maximum Gasteiger partial charge on any atom is 0.416 e. The lowest BCUT2D eigenvalue weighted by Gasteiger charge is -2.43. The Morgan fingerprint density at radius 3 is 2.45 bits per heavy atom. The van der Waals surface area contributed by atoms with Gasteiger partial charge < -0.3 is 5.32 Å². The van der Waals surface area contributed by atoms with Crippen LogP contribution < -0.4 is 10.0 Å². The summed E-state index contributed by atoms with van der Waals surface area (Å²) in [4.78, 5) is 0. The molecular weight excluding hydrogens is 411 g/mol. The maximum absolute atomic E-state index is 13.0. The summed E-state index contributed by atoms with van der Waals surface area (Å²) in [6.45, 7) is 1.84. The van der Waals surface area contributed by atoms with E-state index in [0.29, 0.717) is 11.3 Å². The number of hydrogen-bond donors (Lipinski definition) is 2. The molecule has 0 saturated carbocycles. The summed E-state index contributed by atoms with van der Waals surface area (Å²) >= 11 is 0. The van der Waals surface area contributed by atoms with Crippen LogP contribution in [0.5, 0.6) is 0 Å². The van der Waals surface area contributed by atoms with Crippen molar-refractivity contribution >= 4 is 10.3 Å². The van der Waals surface area contributed by atoms with Crippen molar-refractivity contribution in [2.45, 2.75) is 43.6 Å². The van der Waals surface area contributed by atoms with Gasteiger partial charge in [-0.2, -0.15) is 26.3 Å². The van der Waals surface area contributed by atoms with Gasteiger partial charge in [0.1, 0.15) is 5.60 Å². The molecule has 1 aliphatic rings. The lowest BCUT2D eigenvalue weighted by atomic mass is 9.78. The van der Waals surface area contributed by atoms with E-state index in [0.717, 1.165) is 12.1 Å². The standard InChI is InChI=1S/C17H22F3N5O3S/c1-11-8-16(28-29(26,27)21-2,9-14(22-11)15-10-25(3)24-23-15)12-4-6-13(7-5-12)17(18,19)20/h4-7,10-11,14,21-22H,8-9H2,1-3H3/t11-,14-,16-/m0/s1. The SMILES string of the molecule is CNS(=O)(=O)O[C@]1(c2ccc(C(F)(F)F)cc2)C[C@@H](c2cn(C)nn2)N[C@@H](C)C1. The van der Waals surface area contributed by atoms with Crippen LogP contribution in [0.4, 0.5) is 13.2 Å². The number of halogens is 3. The molecule has 3 atom stereocenters. The fourth-order valence-electron chi connectivity index (χ4n) is 3.65. The zero-order valence-electron chi connectivity index (χ0n) is 16.1. The van der Waals surface area contributed by atoms with Gasteiger partial charge in [0.2, 0.25) is 0 Å². The molecule has 0 aliphatic carbocycles. The normalized spacial score (nSPS) is 25.9. The van der Waals surface area contributed by atoms with Crippen molar-refractivity contribution < 1.29 is 25.8 Å². The average Bonchev–Trinajstić information content (AvgIpc) is 3.07. The molecule has 29 heavy (non-hydrogen) atoms. The van der Waals surface area contributed by atoms with E-state index in [9.17, 15) is 21.6 Å². The van der Waals surface area contributed by atoms with Crippen LogP contribution in [0.3, 0.4) is 0 Å². The molecule has 1 aromatic carbocycles. The molecule has 1 aromatic heterocycles. The van der Waals surface area contributed by atoms with Gasteiger partial charge in [-0.3, -0.25) is 4.68 Å². The van der Waals surface area contributed by atoms with Gasteiger partial charge in [-0.05, 0) is 31.0 Å². The van der Waals surface area contributed by atoms with Gasteiger partial charge in [-0.1, -0.05) is 17.3 Å². The number of piperidine rings is 1. The van der Waals surface area contributed by atoms with Crippen LogP contribution in [-0.2, 0) is 33.3 Å². The number of rotatable bonds is 5. The fourth-order valence-corrected chi connectivity index (χ4v) is 4.39. The highest BCUT2D eigenvalue weighted by atomic mass is 32.2. The molecule has 12 heteroatoms. The summed E-state index contributed by atoms with van der Waals surface area (Å²) in [5, 5.41) is 11.3. The Hall–Kier alpha value is -2.02. The van der Waals surface area contributed by atoms with Crippen LogP contribution in [0.2, 0.25) is 0 Å². The zero-order chi connectivity index (χ0) is 21.4. The Labute approximate surface area is 166 Å². The lowest BCUT2D eigenvalue weighted by molar-refractivity contribution is -0.137. The molecule has 160 valence electrons. The van der Waals surface area contributed by atoms with E-state index in [-0.39, 0.29) is 18.9 Å². The summed E-state index contributed by atoms with van der Waals surface area (Å²) in [7, 11) is -1.22. The zero-order valence-corrected chi connectivity index (χ0v) is 16.9. The van der Waals surface area contributed by atoms with Crippen molar-refractivity contribution in [2.24, 2.45) is 7.05 Å². The van der Waals surface area contributed by atoms with E-state index in [2.05, 4.69) is 20.4 Å². The quantitative estimate of drug-likeness (QED) is 0.749. The summed E-state index contributed by atoms with van der Waals surface area (Å²) < 4.78 is 72.6. The first kappa shape index (κ1) is 21.7. The Kier molecular flexibility index (Phi) is 5.73. The molecule has 0 spiro atoms. The summed E-state index contributed by atoms with van der Waals surface area (Å²) in [6, 6.07) is 3.78. The molecular formula is C17H22F3N5O3S. The molecule has 3 rings (SSSR count). The molecule has 0 radical (unpaired) electrons. The first-order valence-corrected chi connectivity index (χ1v) is 10.3. The highest BCUT2D eigenvalue weighted by Crippen LogP contribution is 2.44. The molecule has 0 amide bonds. The second-order valence-electron chi connectivity index (χ2n) is 7.16. The van der Waals surface area contributed by atoms with Gasteiger partial charge in [-0.15, -0.1) is 5.10 Å². The third-order valence-corrected chi connectivity index (χ3v) is 5.93. The van der Waals surface area contributed by atoms with Crippen LogP contribution in [0.15, 0.2) is 30.5 Å². The van der Waals surface area contributed by atoms with E-state index in [1.165, 1.54) is 23.9 Å². The predicted molar refractivity (Wildman–Crippen MR) is 97.8 cm³/mol. The van der Waals surface area contributed by atoms with E-state index in [4.69, 9.17) is 4.18 Å². The first-order valence-electron chi connectivity index (χ1n) is 8.88. The van der Waals surface area contributed by atoms with Crippen LogP contribution in [0.25, 0.3) is 0 Å². The van der Waals surface area contributed by atoms with Crippen molar-refractivity contribution in [1.29, 1.82) is 0 Å². The minimum atomic E-state index is -4.49. The van der Waals surface area contributed by atoms with Gasteiger partial charge in [0, 0.05) is 32.8 Å². The summed E-state index contributed by atoms with van der Waals surface area (Å²) in [5.41, 5.74) is -1.27. The smallest absolute Gasteiger partial charge is 0.306 e. The Morgan fingerprint density at radius 1 is 1.28 bits per heavy atom. The number of nitrogens with one attached hydrogen (secondary N) is 2. The molecule has 1 saturated heterocycles. The predicted octanol–water partition coefficient (Wildman–Crippen LogP) is 2.02. The van der Waals surface area contributed by atoms with Crippen LogP contribution in [0, 0.1) is 0 Å². The second-order valence-corrected chi connectivity index (χ2v) is 8.64. The summed E-state index contributed by atoms with van der Waals surface area (Å²) in [5.74, 6) is 0. The Bertz CT molecular complexity index is 961. The minimum absolute atomic E-state index is 0.141. The topological polar surface area (TPSA) is 98.1 Å². The number of aryl methyl sites for hydroxylation is 1. The molecule has 1 aliphatic heterocycles. The molecule has 2 N–H and O–H groups in total. The molecule has 2 heterocycles. The van der Waals surface area contributed by atoms with Gasteiger partial charge in [-0.25, -0.2) is 4.18 Å². The molecule has 0 bridgehead atoms. The van der Waals surface area contributed by atoms with E-state index < -0.39 is 33.7 Å². The largest absolute Gasteiger partial charge is 0.416 e. The third-order valence-electron chi connectivity index (χ3n) is 4.89. The lowest BCUT2D eigenvalue weighted by Crippen LogP contribution is -2.50. The number of nitrogens with zero attached hydrogens (tertiary/aromatic N) is 3. The molecule has 8 nitrogen and oxygen atoms in total. The Balaban J connectivity index is 2.05. The first-order chi connectivity index (χ1) is 13.4. The average molecular weight is 433 g/mol.